The van der Waals surface area contributed by atoms with Gasteiger partial charge in [-0.15, -0.1) is 0 Å². The molecule has 7 heteroatoms. The molecule has 4 atom stereocenters. The zero-order valence-corrected chi connectivity index (χ0v) is 17.4. The second-order valence-electron chi connectivity index (χ2n) is 7.51. The molecule has 1 aromatic carbocycles. The van der Waals surface area contributed by atoms with Crippen molar-refractivity contribution < 1.29 is 19.2 Å². The van der Waals surface area contributed by atoms with Crippen molar-refractivity contribution in [3.63, 3.8) is 0 Å². The van der Waals surface area contributed by atoms with E-state index in [-0.39, 0.29) is 30.4 Å². The Morgan fingerprint density at radius 3 is 2.70 bits per heavy atom. The molecule has 150 valence electrons. The summed E-state index contributed by atoms with van der Waals surface area (Å²) in [4.78, 5) is 25.8. The number of rotatable bonds is 7. The van der Waals surface area contributed by atoms with Crippen LogP contribution in [0, 0.1) is 5.92 Å². The maximum Gasteiger partial charge on any atom is 0.279 e. The van der Waals surface area contributed by atoms with Crippen LogP contribution in [0.5, 0.6) is 5.75 Å². The van der Waals surface area contributed by atoms with E-state index in [1.807, 2.05) is 14.0 Å². The second kappa shape index (κ2) is 9.95. The maximum absolute atomic E-state index is 12.6. The van der Waals surface area contributed by atoms with Crippen LogP contribution in [0.25, 0.3) is 0 Å². The second-order valence-corrected chi connectivity index (χ2v) is 7.95. The highest BCUT2D eigenvalue weighted by molar-refractivity contribution is 6.31. The van der Waals surface area contributed by atoms with E-state index >= 15 is 0 Å². The highest BCUT2D eigenvalue weighted by atomic mass is 35.5. The van der Waals surface area contributed by atoms with Gasteiger partial charge in [0.1, 0.15) is 5.75 Å². The largest absolute Gasteiger partial charge is 0.495 e. The van der Waals surface area contributed by atoms with Crippen molar-refractivity contribution in [1.29, 1.82) is 0 Å². The summed E-state index contributed by atoms with van der Waals surface area (Å²) in [5.74, 6) is 0.856. The molecule has 0 aliphatic heterocycles. The molecule has 0 spiro atoms. The van der Waals surface area contributed by atoms with Gasteiger partial charge in [-0.05, 0) is 43.9 Å². The van der Waals surface area contributed by atoms with Crippen LogP contribution in [0.2, 0.25) is 5.02 Å². The molecule has 0 radical (unpaired) electrons. The third kappa shape index (κ3) is 6.11. The number of ether oxygens (including phenoxy) is 1. The van der Waals surface area contributed by atoms with E-state index in [4.69, 9.17) is 16.3 Å². The Kier molecular flexibility index (Phi) is 7.92. The van der Waals surface area contributed by atoms with Gasteiger partial charge >= 0.3 is 0 Å². The van der Waals surface area contributed by atoms with Crippen molar-refractivity contribution in [3.05, 3.63) is 23.2 Å². The third-order valence-electron chi connectivity index (χ3n) is 5.45. The van der Waals surface area contributed by atoms with Crippen LogP contribution in [-0.2, 0) is 9.59 Å². The lowest BCUT2D eigenvalue weighted by atomic mass is 9.86. The number of carbonyl (C=O) groups excluding carboxylic acids is 2. The quantitative estimate of drug-likeness (QED) is 0.659. The summed E-state index contributed by atoms with van der Waals surface area (Å²) >= 11 is 5.99. The molecule has 1 unspecified atom stereocenters. The summed E-state index contributed by atoms with van der Waals surface area (Å²) in [7, 11) is 3.39. The summed E-state index contributed by atoms with van der Waals surface area (Å²) in [5, 5.41) is 6.50. The molecule has 1 aromatic rings. The summed E-state index contributed by atoms with van der Waals surface area (Å²) in [5.41, 5.74) is 0.524. The minimum atomic E-state index is -0.314. The van der Waals surface area contributed by atoms with Gasteiger partial charge in [-0.3, -0.25) is 9.59 Å². The van der Waals surface area contributed by atoms with Crippen molar-refractivity contribution in [3.8, 4) is 5.75 Å². The van der Waals surface area contributed by atoms with Gasteiger partial charge in [0.25, 0.3) is 11.8 Å². The van der Waals surface area contributed by atoms with Gasteiger partial charge in [0.05, 0.1) is 19.8 Å². The minimum absolute atomic E-state index is 0.000568. The number of nitrogens with one attached hydrogen (secondary N) is 3. The Morgan fingerprint density at radius 1 is 1.33 bits per heavy atom. The Balaban J connectivity index is 1.89. The number of benzene rings is 1. The van der Waals surface area contributed by atoms with E-state index in [2.05, 4.69) is 17.6 Å². The fraction of sp³-hybridized carbons (Fsp3) is 0.600. The van der Waals surface area contributed by atoms with Gasteiger partial charge in [0.15, 0.2) is 12.6 Å². The van der Waals surface area contributed by atoms with E-state index < -0.39 is 0 Å². The molecule has 3 N–H and O–H groups in total. The minimum Gasteiger partial charge on any atom is -0.495 e. The number of hydrogen-bond donors (Lipinski definition) is 3. The molecule has 1 aliphatic rings. The van der Waals surface area contributed by atoms with Crippen LogP contribution >= 0.6 is 11.6 Å². The lowest BCUT2D eigenvalue weighted by Gasteiger charge is -2.31. The predicted molar refractivity (Wildman–Crippen MR) is 107 cm³/mol. The first kappa shape index (κ1) is 21.5. The van der Waals surface area contributed by atoms with E-state index in [0.29, 0.717) is 22.4 Å². The lowest BCUT2D eigenvalue weighted by Crippen LogP contribution is -3.15. The zero-order chi connectivity index (χ0) is 20.0. The smallest absolute Gasteiger partial charge is 0.279 e. The SMILES string of the molecule is COc1ccc(Cl)cc1NC(=O)C[NH+](C)[C@H](C)C(=O)N[C@@H]1CCCC[C@@H]1C. The molecule has 1 saturated carbocycles. The topological polar surface area (TPSA) is 71.9 Å². The molecule has 2 rings (SSSR count). The fourth-order valence-corrected chi connectivity index (χ4v) is 3.61. The summed E-state index contributed by atoms with van der Waals surface area (Å²) < 4.78 is 5.24. The van der Waals surface area contributed by atoms with Gasteiger partial charge in [-0.25, -0.2) is 0 Å². The number of likely N-dealkylation sites (N-methyl/N-ethyl adjacent to an activating group) is 1. The van der Waals surface area contributed by atoms with Crippen molar-refractivity contribution in [1.82, 2.24) is 5.32 Å². The zero-order valence-electron chi connectivity index (χ0n) is 16.6. The van der Waals surface area contributed by atoms with E-state index in [1.54, 1.807) is 18.2 Å². The molecule has 0 bridgehead atoms. The van der Waals surface area contributed by atoms with Gasteiger partial charge in [-0.2, -0.15) is 0 Å². The monoisotopic (exact) mass is 396 g/mol. The first-order valence-corrected chi connectivity index (χ1v) is 9.95. The average Bonchev–Trinajstić information content (AvgIpc) is 2.63. The Bertz CT molecular complexity index is 668. The molecule has 6 nitrogen and oxygen atoms in total. The van der Waals surface area contributed by atoms with Crippen LogP contribution in [0.3, 0.4) is 0 Å². The van der Waals surface area contributed by atoms with E-state index in [9.17, 15) is 9.59 Å². The lowest BCUT2D eigenvalue weighted by molar-refractivity contribution is -0.885. The van der Waals surface area contributed by atoms with Gasteiger partial charge in [0, 0.05) is 11.1 Å². The highest BCUT2D eigenvalue weighted by Crippen LogP contribution is 2.27. The number of anilines is 1. The summed E-state index contributed by atoms with van der Waals surface area (Å²) in [6.45, 7) is 4.22. The molecule has 0 heterocycles. The molecule has 27 heavy (non-hydrogen) atoms. The first-order valence-electron chi connectivity index (χ1n) is 9.58. The molecule has 2 amide bonds. The fourth-order valence-electron chi connectivity index (χ4n) is 3.44. The molecule has 0 aromatic heterocycles. The summed E-state index contributed by atoms with van der Waals surface area (Å²) in [6, 6.07) is 4.98. The van der Waals surface area contributed by atoms with Crippen molar-refractivity contribution in [2.24, 2.45) is 5.92 Å². The Morgan fingerprint density at radius 2 is 2.04 bits per heavy atom. The number of halogens is 1. The molecular weight excluding hydrogens is 366 g/mol. The van der Waals surface area contributed by atoms with Crippen molar-refractivity contribution in [2.75, 3.05) is 26.0 Å². The van der Waals surface area contributed by atoms with Crippen LogP contribution < -0.4 is 20.3 Å². The Hall–Kier alpha value is -1.79. The first-order chi connectivity index (χ1) is 12.8. The van der Waals surface area contributed by atoms with Gasteiger partial charge < -0.3 is 20.3 Å². The third-order valence-corrected chi connectivity index (χ3v) is 5.68. The maximum atomic E-state index is 12.6. The molecule has 1 fully saturated rings. The standard InChI is InChI=1S/C20H30ClN3O3/c1-13-7-5-6-8-16(13)23-20(26)14(2)24(3)12-19(25)22-17-11-15(21)9-10-18(17)27-4/h9-11,13-14,16H,5-8,12H2,1-4H3,(H,22,25)(H,23,26)/p+1/t13-,14+,16+/m0/s1. The summed E-state index contributed by atoms with van der Waals surface area (Å²) in [6.07, 6.45) is 4.59. The highest BCUT2D eigenvalue weighted by Gasteiger charge is 2.29. The molecular formula is C20H31ClN3O3+. The average molecular weight is 397 g/mol. The van der Waals surface area contributed by atoms with E-state index in [1.165, 1.54) is 13.5 Å². The van der Waals surface area contributed by atoms with Crippen LogP contribution in [0.4, 0.5) is 5.69 Å². The Labute approximate surface area is 166 Å². The number of amides is 2. The number of carbonyl (C=O) groups is 2. The van der Waals surface area contributed by atoms with E-state index in [0.717, 1.165) is 24.2 Å². The van der Waals surface area contributed by atoms with Gasteiger partial charge in [0.2, 0.25) is 0 Å². The van der Waals surface area contributed by atoms with Gasteiger partial charge in [-0.1, -0.05) is 31.4 Å². The van der Waals surface area contributed by atoms with Crippen molar-refractivity contribution in [2.45, 2.75) is 51.6 Å². The predicted octanol–water partition coefficient (Wildman–Crippen LogP) is 1.89. The number of methoxy groups -OCH3 is 1. The number of quaternary nitrogens is 1. The van der Waals surface area contributed by atoms with Crippen molar-refractivity contribution >= 4 is 29.1 Å². The molecule has 0 saturated heterocycles. The molecule has 1 aliphatic carbocycles. The van der Waals surface area contributed by atoms with Crippen LogP contribution in [0.15, 0.2) is 18.2 Å². The normalized spacial score (nSPS) is 21.8. The number of hydrogen-bond acceptors (Lipinski definition) is 3. The van der Waals surface area contributed by atoms with Crippen LogP contribution in [-0.4, -0.2) is 44.6 Å². The van der Waals surface area contributed by atoms with Crippen LogP contribution in [0.1, 0.15) is 39.5 Å².